The van der Waals surface area contributed by atoms with E-state index in [0.29, 0.717) is 24.3 Å². The van der Waals surface area contributed by atoms with Crippen LogP contribution in [0.15, 0.2) is 6.07 Å². The maximum Gasteiger partial charge on any atom is 0.166 e. The highest BCUT2D eigenvalue weighted by molar-refractivity contribution is 5.53. The summed E-state index contributed by atoms with van der Waals surface area (Å²) < 4.78 is 18.7. The third-order valence-electron chi connectivity index (χ3n) is 2.67. The van der Waals surface area contributed by atoms with Crippen LogP contribution in [0.1, 0.15) is 36.5 Å². The topological polar surface area (TPSA) is 33.0 Å². The zero-order valence-electron chi connectivity index (χ0n) is 8.80. The predicted octanol–water partition coefficient (Wildman–Crippen LogP) is 2.76. The van der Waals surface area contributed by atoms with Crippen LogP contribution in [-0.4, -0.2) is 6.61 Å². The van der Waals surface area contributed by atoms with Gasteiger partial charge >= 0.3 is 0 Å². The van der Waals surface area contributed by atoms with Gasteiger partial charge in [0.05, 0.1) is 18.2 Å². The molecule has 0 radical (unpaired) electrons. The standard InChI is InChI=1S/C12H12FNO/c1-7(2)11-8(6-14)5-10(13)12-9(11)3-4-15-12/h5,7H,3-4H2,1-2H3. The summed E-state index contributed by atoms with van der Waals surface area (Å²) in [4.78, 5) is 0. The molecule has 0 aliphatic carbocycles. The second-order valence-electron chi connectivity index (χ2n) is 3.99. The van der Waals surface area contributed by atoms with Crippen LogP contribution < -0.4 is 4.74 Å². The molecule has 3 heteroatoms. The minimum Gasteiger partial charge on any atom is -0.490 e. The summed E-state index contributed by atoms with van der Waals surface area (Å²) in [5.41, 5.74) is 2.25. The van der Waals surface area contributed by atoms with Gasteiger partial charge in [-0.2, -0.15) is 5.26 Å². The van der Waals surface area contributed by atoms with Crippen molar-refractivity contribution in [3.05, 3.63) is 28.6 Å². The molecule has 15 heavy (non-hydrogen) atoms. The van der Waals surface area contributed by atoms with Crippen molar-refractivity contribution in [2.45, 2.75) is 26.2 Å². The van der Waals surface area contributed by atoms with E-state index in [0.717, 1.165) is 11.1 Å². The van der Waals surface area contributed by atoms with Gasteiger partial charge in [0, 0.05) is 12.0 Å². The van der Waals surface area contributed by atoms with E-state index in [2.05, 4.69) is 6.07 Å². The molecular formula is C12H12FNO. The molecule has 0 saturated carbocycles. The summed E-state index contributed by atoms with van der Waals surface area (Å²) in [6.45, 7) is 4.53. The molecule has 0 unspecified atom stereocenters. The second-order valence-corrected chi connectivity index (χ2v) is 3.99. The summed E-state index contributed by atoms with van der Waals surface area (Å²) in [6.07, 6.45) is 0.704. The van der Waals surface area contributed by atoms with Crippen molar-refractivity contribution in [3.63, 3.8) is 0 Å². The van der Waals surface area contributed by atoms with Gasteiger partial charge in [-0.25, -0.2) is 4.39 Å². The smallest absolute Gasteiger partial charge is 0.166 e. The first-order valence-electron chi connectivity index (χ1n) is 5.03. The summed E-state index contributed by atoms with van der Waals surface area (Å²) in [5, 5.41) is 8.97. The third kappa shape index (κ3) is 1.46. The van der Waals surface area contributed by atoms with E-state index in [1.54, 1.807) is 0 Å². The lowest BCUT2D eigenvalue weighted by Crippen LogP contribution is -2.00. The van der Waals surface area contributed by atoms with Crippen LogP contribution in [0.3, 0.4) is 0 Å². The van der Waals surface area contributed by atoms with Crippen molar-refractivity contribution in [3.8, 4) is 11.8 Å². The van der Waals surface area contributed by atoms with Crippen LogP contribution in [-0.2, 0) is 6.42 Å². The number of nitriles is 1. The number of halogens is 1. The van der Waals surface area contributed by atoms with Gasteiger partial charge in [0.15, 0.2) is 11.6 Å². The Morgan fingerprint density at radius 1 is 1.53 bits per heavy atom. The van der Waals surface area contributed by atoms with Crippen LogP contribution >= 0.6 is 0 Å². The number of fused-ring (bicyclic) bond motifs is 1. The quantitative estimate of drug-likeness (QED) is 0.706. The first kappa shape index (κ1) is 9.97. The lowest BCUT2D eigenvalue weighted by atomic mass is 9.91. The van der Waals surface area contributed by atoms with Crippen molar-refractivity contribution < 1.29 is 9.13 Å². The average Bonchev–Trinajstić information content (AvgIpc) is 2.65. The molecule has 0 amide bonds. The van der Waals surface area contributed by atoms with Gasteiger partial charge in [0.2, 0.25) is 0 Å². The fourth-order valence-electron chi connectivity index (χ4n) is 2.11. The normalized spacial score (nSPS) is 13.5. The fourth-order valence-corrected chi connectivity index (χ4v) is 2.11. The van der Waals surface area contributed by atoms with Crippen molar-refractivity contribution in [1.29, 1.82) is 5.26 Å². The molecule has 78 valence electrons. The Hall–Kier alpha value is -1.56. The maximum absolute atomic E-state index is 13.5. The number of benzene rings is 1. The van der Waals surface area contributed by atoms with E-state index >= 15 is 0 Å². The molecule has 0 aromatic heterocycles. The largest absolute Gasteiger partial charge is 0.490 e. The van der Waals surface area contributed by atoms with E-state index in [1.807, 2.05) is 13.8 Å². The number of rotatable bonds is 1. The van der Waals surface area contributed by atoms with Gasteiger partial charge in [-0.05, 0) is 17.5 Å². The minimum absolute atomic E-state index is 0.218. The summed E-state index contributed by atoms with van der Waals surface area (Å²) in [6, 6.07) is 3.33. The third-order valence-corrected chi connectivity index (χ3v) is 2.67. The van der Waals surface area contributed by atoms with Gasteiger partial charge < -0.3 is 4.74 Å². The Morgan fingerprint density at radius 2 is 2.27 bits per heavy atom. The summed E-state index contributed by atoms with van der Waals surface area (Å²) >= 11 is 0. The van der Waals surface area contributed by atoms with E-state index in [1.165, 1.54) is 6.07 Å². The monoisotopic (exact) mass is 205 g/mol. The van der Waals surface area contributed by atoms with Crippen LogP contribution in [0.25, 0.3) is 0 Å². The zero-order chi connectivity index (χ0) is 11.0. The number of ether oxygens (including phenoxy) is 1. The molecule has 2 nitrogen and oxygen atoms in total. The van der Waals surface area contributed by atoms with Gasteiger partial charge in [0.25, 0.3) is 0 Å². The molecule has 2 rings (SSSR count). The first-order valence-corrected chi connectivity index (χ1v) is 5.03. The molecule has 0 N–H and O–H groups in total. The minimum atomic E-state index is -0.413. The van der Waals surface area contributed by atoms with Gasteiger partial charge in [-0.3, -0.25) is 0 Å². The van der Waals surface area contributed by atoms with Gasteiger partial charge in [-0.15, -0.1) is 0 Å². The van der Waals surface area contributed by atoms with Gasteiger partial charge in [-0.1, -0.05) is 13.8 Å². The lowest BCUT2D eigenvalue weighted by Gasteiger charge is -2.13. The Bertz CT molecular complexity index is 446. The Balaban J connectivity index is 2.72. The van der Waals surface area contributed by atoms with Gasteiger partial charge in [0.1, 0.15) is 0 Å². The van der Waals surface area contributed by atoms with E-state index < -0.39 is 5.82 Å². The first-order chi connectivity index (χ1) is 7.15. The summed E-state index contributed by atoms with van der Waals surface area (Å²) in [5.74, 6) is 0.150. The highest BCUT2D eigenvalue weighted by atomic mass is 19.1. The average molecular weight is 205 g/mol. The van der Waals surface area contributed by atoms with E-state index in [4.69, 9.17) is 10.00 Å². The molecule has 0 atom stereocenters. The fraction of sp³-hybridized carbons (Fsp3) is 0.417. The molecule has 1 aliphatic rings. The van der Waals surface area contributed by atoms with E-state index in [-0.39, 0.29) is 5.92 Å². The van der Waals surface area contributed by atoms with Crippen molar-refractivity contribution in [2.24, 2.45) is 0 Å². The predicted molar refractivity (Wildman–Crippen MR) is 54.4 cm³/mol. The molecule has 1 heterocycles. The van der Waals surface area contributed by atoms with E-state index in [9.17, 15) is 4.39 Å². The molecule has 0 spiro atoms. The van der Waals surface area contributed by atoms with Crippen LogP contribution in [0.4, 0.5) is 4.39 Å². The number of nitrogens with zero attached hydrogens (tertiary/aromatic N) is 1. The highest BCUT2D eigenvalue weighted by Gasteiger charge is 2.24. The zero-order valence-corrected chi connectivity index (χ0v) is 8.80. The summed E-state index contributed by atoms with van der Waals surface area (Å²) in [7, 11) is 0. The Labute approximate surface area is 88.3 Å². The second kappa shape index (κ2) is 3.54. The number of hydrogen-bond acceptors (Lipinski definition) is 2. The van der Waals surface area contributed by atoms with Crippen LogP contribution in [0, 0.1) is 17.1 Å². The molecule has 1 aromatic carbocycles. The van der Waals surface area contributed by atoms with Crippen molar-refractivity contribution in [2.75, 3.05) is 6.61 Å². The van der Waals surface area contributed by atoms with Crippen molar-refractivity contribution in [1.82, 2.24) is 0 Å². The Kier molecular flexibility index (Phi) is 2.36. The lowest BCUT2D eigenvalue weighted by molar-refractivity contribution is 0.339. The SMILES string of the molecule is CC(C)c1c(C#N)cc(F)c2c1CCO2. The maximum atomic E-state index is 13.5. The molecular weight excluding hydrogens is 193 g/mol. The van der Waals surface area contributed by atoms with Crippen LogP contribution in [0.2, 0.25) is 0 Å². The molecule has 1 aromatic rings. The molecule has 0 bridgehead atoms. The number of hydrogen-bond donors (Lipinski definition) is 0. The highest BCUT2D eigenvalue weighted by Crippen LogP contribution is 2.37. The molecule has 1 aliphatic heterocycles. The Morgan fingerprint density at radius 3 is 2.87 bits per heavy atom. The van der Waals surface area contributed by atoms with Crippen molar-refractivity contribution >= 4 is 0 Å². The molecule has 0 fully saturated rings. The molecule has 0 saturated heterocycles. The van der Waals surface area contributed by atoms with Crippen LogP contribution in [0.5, 0.6) is 5.75 Å².